The molecule has 1 atom stereocenters. The first-order valence-corrected chi connectivity index (χ1v) is 7.69. The van der Waals surface area contributed by atoms with Gasteiger partial charge in [0.15, 0.2) is 0 Å². The lowest BCUT2D eigenvalue weighted by Gasteiger charge is -2.35. The molecule has 1 saturated heterocycles. The van der Waals surface area contributed by atoms with Crippen LogP contribution in [-0.4, -0.2) is 43.1 Å². The molecule has 1 fully saturated rings. The number of hydrogen-bond acceptors (Lipinski definition) is 4. The molecular weight excluding hydrogens is 266 g/mol. The molecule has 0 radical (unpaired) electrons. The van der Waals surface area contributed by atoms with Crippen molar-refractivity contribution in [2.75, 3.05) is 26.4 Å². The van der Waals surface area contributed by atoms with Crippen LogP contribution in [0.25, 0.3) is 0 Å². The molecule has 21 heavy (non-hydrogen) atoms. The molecule has 0 amide bonds. The average molecular weight is 293 g/mol. The minimum absolute atomic E-state index is 0.0685. The van der Waals surface area contributed by atoms with Gasteiger partial charge in [0.05, 0.1) is 0 Å². The van der Waals surface area contributed by atoms with E-state index in [0.29, 0.717) is 13.2 Å². The van der Waals surface area contributed by atoms with Gasteiger partial charge < -0.3 is 19.9 Å². The van der Waals surface area contributed by atoms with Crippen molar-refractivity contribution < 1.29 is 14.6 Å². The molecule has 2 N–H and O–H groups in total. The summed E-state index contributed by atoms with van der Waals surface area (Å²) < 4.78 is 11.1. The Bertz CT molecular complexity index is 455. The van der Waals surface area contributed by atoms with Crippen LogP contribution in [0.5, 0.6) is 5.75 Å². The highest BCUT2D eigenvalue weighted by molar-refractivity contribution is 5.35. The number of benzene rings is 1. The van der Waals surface area contributed by atoms with Gasteiger partial charge in [-0.25, -0.2) is 0 Å². The molecule has 1 aliphatic rings. The van der Waals surface area contributed by atoms with Crippen molar-refractivity contribution >= 4 is 0 Å². The third kappa shape index (κ3) is 4.99. The number of aryl methyl sites for hydroxylation is 2. The first kappa shape index (κ1) is 16.3. The van der Waals surface area contributed by atoms with Gasteiger partial charge in [0, 0.05) is 25.3 Å². The lowest BCUT2D eigenvalue weighted by atomic mass is 9.92. The van der Waals surface area contributed by atoms with E-state index in [1.165, 1.54) is 5.56 Å². The summed E-state index contributed by atoms with van der Waals surface area (Å²) in [7, 11) is 0. The van der Waals surface area contributed by atoms with E-state index in [9.17, 15) is 5.11 Å². The van der Waals surface area contributed by atoms with Crippen molar-refractivity contribution in [1.29, 1.82) is 0 Å². The molecule has 1 heterocycles. The predicted molar refractivity (Wildman–Crippen MR) is 83.9 cm³/mol. The molecule has 1 aromatic carbocycles. The highest BCUT2D eigenvalue weighted by Gasteiger charge is 2.27. The van der Waals surface area contributed by atoms with Crippen LogP contribution in [0, 0.1) is 13.8 Å². The zero-order valence-corrected chi connectivity index (χ0v) is 13.3. The Balaban J connectivity index is 1.75. The van der Waals surface area contributed by atoms with Crippen molar-refractivity contribution in [3.63, 3.8) is 0 Å². The Labute approximate surface area is 127 Å². The molecule has 4 heteroatoms. The van der Waals surface area contributed by atoms with Crippen molar-refractivity contribution in [2.45, 2.75) is 45.3 Å². The number of nitrogens with one attached hydrogen (secondary N) is 1. The minimum atomic E-state index is -0.509. The van der Waals surface area contributed by atoms with Gasteiger partial charge in [-0.15, -0.1) is 0 Å². The summed E-state index contributed by atoms with van der Waals surface area (Å²) in [6, 6.07) is 6.07. The molecule has 1 aliphatic heterocycles. The second-order valence-corrected chi connectivity index (χ2v) is 6.29. The molecule has 0 saturated carbocycles. The van der Waals surface area contributed by atoms with Crippen molar-refractivity contribution in [2.24, 2.45) is 0 Å². The zero-order chi connectivity index (χ0) is 15.3. The Kier molecular flexibility index (Phi) is 5.62. The molecule has 0 bridgehead atoms. The Morgan fingerprint density at radius 1 is 1.33 bits per heavy atom. The van der Waals surface area contributed by atoms with Crippen LogP contribution < -0.4 is 10.1 Å². The van der Waals surface area contributed by atoms with E-state index in [1.807, 2.05) is 19.1 Å². The van der Waals surface area contributed by atoms with Gasteiger partial charge in [0.25, 0.3) is 0 Å². The van der Waals surface area contributed by atoms with E-state index < -0.39 is 6.10 Å². The number of ether oxygens (including phenoxy) is 2. The fourth-order valence-electron chi connectivity index (χ4n) is 2.57. The maximum atomic E-state index is 10.1. The molecular formula is C17H27NO3. The molecule has 0 spiro atoms. The van der Waals surface area contributed by atoms with Gasteiger partial charge in [-0.05, 0) is 45.2 Å². The first-order chi connectivity index (χ1) is 9.98. The maximum absolute atomic E-state index is 10.1. The van der Waals surface area contributed by atoms with Crippen molar-refractivity contribution in [3.8, 4) is 5.75 Å². The fourth-order valence-corrected chi connectivity index (χ4v) is 2.57. The molecule has 1 aromatic rings. The third-order valence-electron chi connectivity index (χ3n) is 4.12. The van der Waals surface area contributed by atoms with E-state index in [1.54, 1.807) is 0 Å². The first-order valence-electron chi connectivity index (χ1n) is 7.69. The lowest BCUT2D eigenvalue weighted by Crippen LogP contribution is -2.50. The highest BCUT2D eigenvalue weighted by Crippen LogP contribution is 2.20. The maximum Gasteiger partial charge on any atom is 0.122 e. The minimum Gasteiger partial charge on any atom is -0.491 e. The van der Waals surface area contributed by atoms with E-state index in [4.69, 9.17) is 9.47 Å². The predicted octanol–water partition coefficient (Wildman–Crippen LogP) is 2.20. The van der Waals surface area contributed by atoms with Crippen LogP contribution in [0.1, 0.15) is 30.9 Å². The zero-order valence-electron chi connectivity index (χ0n) is 13.3. The Morgan fingerprint density at radius 2 is 2.05 bits per heavy atom. The fraction of sp³-hybridized carbons (Fsp3) is 0.647. The van der Waals surface area contributed by atoms with E-state index in [2.05, 4.69) is 25.2 Å². The van der Waals surface area contributed by atoms with Crippen LogP contribution in [0.2, 0.25) is 0 Å². The van der Waals surface area contributed by atoms with Gasteiger partial charge in [0.1, 0.15) is 18.5 Å². The largest absolute Gasteiger partial charge is 0.491 e. The van der Waals surface area contributed by atoms with Crippen LogP contribution >= 0.6 is 0 Å². The van der Waals surface area contributed by atoms with Crippen LogP contribution in [0.3, 0.4) is 0 Å². The van der Waals surface area contributed by atoms with E-state index in [-0.39, 0.29) is 5.54 Å². The monoisotopic (exact) mass is 293 g/mol. The van der Waals surface area contributed by atoms with Gasteiger partial charge in [0.2, 0.25) is 0 Å². The second-order valence-electron chi connectivity index (χ2n) is 6.29. The Morgan fingerprint density at radius 3 is 2.71 bits per heavy atom. The third-order valence-corrected chi connectivity index (χ3v) is 4.12. The summed E-state index contributed by atoms with van der Waals surface area (Å²) >= 11 is 0. The summed E-state index contributed by atoms with van der Waals surface area (Å²) in [5, 5.41) is 13.5. The van der Waals surface area contributed by atoms with Crippen molar-refractivity contribution in [1.82, 2.24) is 5.32 Å². The van der Waals surface area contributed by atoms with E-state index in [0.717, 1.165) is 37.4 Å². The molecule has 0 aliphatic carbocycles. The van der Waals surface area contributed by atoms with Crippen molar-refractivity contribution in [3.05, 3.63) is 29.3 Å². The summed E-state index contributed by atoms with van der Waals surface area (Å²) in [6.07, 6.45) is 1.46. The standard InChI is InChI=1S/C17H27NO3/c1-13-4-5-16(14(2)10-13)21-12-15(19)11-18-17(3)6-8-20-9-7-17/h4-5,10,15,18-19H,6-9,11-12H2,1-3H3. The molecule has 1 unspecified atom stereocenters. The SMILES string of the molecule is Cc1ccc(OCC(O)CNC2(C)CCOCC2)c(C)c1. The average Bonchev–Trinajstić information content (AvgIpc) is 2.45. The topological polar surface area (TPSA) is 50.7 Å². The van der Waals surface area contributed by atoms with Crippen LogP contribution in [0.4, 0.5) is 0 Å². The highest BCUT2D eigenvalue weighted by atomic mass is 16.5. The van der Waals surface area contributed by atoms with Crippen LogP contribution in [0.15, 0.2) is 18.2 Å². The second kappa shape index (κ2) is 7.25. The summed E-state index contributed by atoms with van der Waals surface area (Å²) in [5.41, 5.74) is 2.39. The molecule has 4 nitrogen and oxygen atoms in total. The van der Waals surface area contributed by atoms with Gasteiger partial charge in [-0.2, -0.15) is 0 Å². The summed E-state index contributed by atoms with van der Waals surface area (Å²) in [6.45, 7) is 8.70. The number of aliphatic hydroxyl groups excluding tert-OH is 1. The molecule has 0 aromatic heterocycles. The normalized spacial score (nSPS) is 19.2. The smallest absolute Gasteiger partial charge is 0.122 e. The lowest BCUT2D eigenvalue weighted by molar-refractivity contribution is 0.0342. The number of aliphatic hydroxyl groups is 1. The Hall–Kier alpha value is -1.10. The number of hydrogen-bond donors (Lipinski definition) is 2. The van der Waals surface area contributed by atoms with E-state index >= 15 is 0 Å². The molecule has 118 valence electrons. The van der Waals surface area contributed by atoms with Gasteiger partial charge in [-0.1, -0.05) is 17.7 Å². The van der Waals surface area contributed by atoms with Crippen LogP contribution in [-0.2, 0) is 4.74 Å². The summed E-state index contributed by atoms with van der Waals surface area (Å²) in [4.78, 5) is 0. The number of rotatable bonds is 6. The van der Waals surface area contributed by atoms with Gasteiger partial charge >= 0.3 is 0 Å². The quantitative estimate of drug-likeness (QED) is 0.844. The number of β-amino-alcohol motifs (C(OH)–C–C–N with tert-alkyl or cyclic N) is 1. The molecule has 2 rings (SSSR count). The summed E-state index contributed by atoms with van der Waals surface area (Å²) in [5.74, 6) is 0.844. The van der Waals surface area contributed by atoms with Gasteiger partial charge in [-0.3, -0.25) is 0 Å².